The monoisotopic (exact) mass is 372 g/mol. The highest BCUT2D eigenvalue weighted by Crippen LogP contribution is 2.49. The molecule has 1 fully saturated rings. The van der Waals surface area contributed by atoms with Crippen LogP contribution in [0, 0.1) is 11.3 Å². The summed E-state index contributed by atoms with van der Waals surface area (Å²) in [5, 5.41) is 17.7. The van der Waals surface area contributed by atoms with Crippen molar-refractivity contribution in [2.45, 2.75) is 31.3 Å². The lowest BCUT2D eigenvalue weighted by molar-refractivity contribution is 0.0687. The molecule has 26 heavy (non-hydrogen) atoms. The smallest absolute Gasteiger partial charge is 0.335 e. The van der Waals surface area contributed by atoms with E-state index in [0.717, 1.165) is 24.0 Å². The number of nitrogens with two attached hydrogens (primary N) is 1. The Kier molecular flexibility index (Phi) is 4.92. The summed E-state index contributed by atoms with van der Waals surface area (Å²) in [5.41, 5.74) is 9.36. The number of carboxylic acid groups (broad SMARTS) is 1. The van der Waals surface area contributed by atoms with E-state index in [1.165, 1.54) is 0 Å². The molecule has 1 saturated carbocycles. The highest BCUT2D eigenvalue weighted by atomic mass is 35.5. The summed E-state index contributed by atoms with van der Waals surface area (Å²) >= 11 is 0. The van der Waals surface area contributed by atoms with Gasteiger partial charge in [-0.2, -0.15) is 0 Å². The van der Waals surface area contributed by atoms with Gasteiger partial charge in [-0.1, -0.05) is 24.3 Å². The molecule has 1 aliphatic heterocycles. The molecule has 3 unspecified atom stereocenters. The number of carboxylic acids is 1. The third-order valence-corrected chi connectivity index (χ3v) is 5.31. The number of rotatable bonds is 2. The zero-order valence-corrected chi connectivity index (χ0v) is 15.0. The predicted molar refractivity (Wildman–Crippen MR) is 103 cm³/mol. The van der Waals surface area contributed by atoms with E-state index in [9.17, 15) is 9.90 Å². The van der Waals surface area contributed by atoms with Crippen LogP contribution in [0.15, 0.2) is 42.5 Å². The van der Waals surface area contributed by atoms with Gasteiger partial charge in [0, 0.05) is 41.3 Å². The average Bonchev–Trinajstić information content (AvgIpc) is 2.59. The first-order chi connectivity index (χ1) is 12.0. The van der Waals surface area contributed by atoms with Crippen LogP contribution >= 0.6 is 12.4 Å². The summed E-state index contributed by atoms with van der Waals surface area (Å²) in [7, 11) is 0. The minimum Gasteiger partial charge on any atom is -0.489 e. The van der Waals surface area contributed by atoms with Crippen LogP contribution in [-0.4, -0.2) is 22.9 Å². The zero-order chi connectivity index (χ0) is 17.6. The Bertz CT molecular complexity index is 868. The Labute approximate surface area is 158 Å². The van der Waals surface area contributed by atoms with Crippen LogP contribution < -0.4 is 10.5 Å². The van der Waals surface area contributed by atoms with Gasteiger partial charge < -0.3 is 21.0 Å². The van der Waals surface area contributed by atoms with Gasteiger partial charge in [0.1, 0.15) is 11.9 Å². The lowest BCUT2D eigenvalue weighted by atomic mass is 9.69. The normalized spacial score (nSPS) is 23.8. The second-order valence-corrected chi connectivity index (χ2v) is 6.83. The number of benzene rings is 2. The molecule has 0 amide bonds. The predicted octanol–water partition coefficient (Wildman–Crippen LogP) is 4.10. The van der Waals surface area contributed by atoms with E-state index in [1.54, 1.807) is 18.2 Å². The molecule has 0 saturated heterocycles. The van der Waals surface area contributed by atoms with E-state index in [2.05, 4.69) is 0 Å². The summed E-state index contributed by atoms with van der Waals surface area (Å²) in [6, 6.07) is 12.8. The number of hydrogen-bond donors (Lipinski definition) is 3. The first-order valence-corrected chi connectivity index (χ1v) is 8.49. The molecular weight excluding hydrogens is 352 g/mol. The van der Waals surface area contributed by atoms with E-state index >= 15 is 0 Å². The van der Waals surface area contributed by atoms with Crippen LogP contribution in [-0.2, 0) is 0 Å². The summed E-state index contributed by atoms with van der Waals surface area (Å²) in [6.07, 6.45) is 2.04. The fourth-order valence-electron chi connectivity index (χ4n) is 4.20. The third-order valence-electron chi connectivity index (χ3n) is 5.31. The fourth-order valence-corrected chi connectivity index (χ4v) is 4.20. The molecule has 2 aromatic carbocycles. The van der Waals surface area contributed by atoms with Gasteiger partial charge in [0.2, 0.25) is 0 Å². The van der Waals surface area contributed by atoms with Gasteiger partial charge in [0.15, 0.2) is 0 Å². The minimum absolute atomic E-state index is 0. The Balaban J connectivity index is 0.00000196. The molecule has 2 aliphatic rings. The summed E-state index contributed by atoms with van der Waals surface area (Å²) in [5.74, 6) is -0.110. The Morgan fingerprint density at radius 2 is 1.96 bits per heavy atom. The molecule has 1 aliphatic carbocycles. The van der Waals surface area contributed by atoms with E-state index < -0.39 is 5.97 Å². The molecule has 0 spiro atoms. The topological polar surface area (TPSA) is 96.4 Å². The number of nitrogens with one attached hydrogen (secondary N) is 1. The van der Waals surface area contributed by atoms with Gasteiger partial charge in [0.25, 0.3) is 0 Å². The number of aromatic carboxylic acids is 1. The molecule has 5 nitrogen and oxygen atoms in total. The van der Waals surface area contributed by atoms with Crippen LogP contribution in [0.3, 0.4) is 0 Å². The van der Waals surface area contributed by atoms with Crippen LogP contribution in [0.2, 0.25) is 0 Å². The molecule has 4 N–H and O–H groups in total. The maximum absolute atomic E-state index is 11.8. The molecule has 0 radical (unpaired) electrons. The highest BCUT2D eigenvalue weighted by Gasteiger charge is 2.42. The number of halogens is 1. The van der Waals surface area contributed by atoms with Crippen LogP contribution in [0.4, 0.5) is 5.69 Å². The quantitative estimate of drug-likeness (QED) is 0.691. The molecular formula is C20H21ClN2O3. The number of hydrogen-bond acceptors (Lipinski definition) is 4. The second kappa shape index (κ2) is 7.00. The van der Waals surface area contributed by atoms with Crippen LogP contribution in [0.25, 0.3) is 0 Å². The first kappa shape index (κ1) is 18.3. The number of carbonyl (C=O) groups is 1. The van der Waals surface area contributed by atoms with Gasteiger partial charge in [-0.15, -0.1) is 12.4 Å². The van der Waals surface area contributed by atoms with Crippen molar-refractivity contribution in [2.24, 2.45) is 5.92 Å². The highest BCUT2D eigenvalue weighted by molar-refractivity contribution is 5.90. The van der Waals surface area contributed by atoms with Crippen LogP contribution in [0.1, 0.15) is 46.7 Å². The van der Waals surface area contributed by atoms with Crippen molar-refractivity contribution in [1.29, 1.82) is 5.41 Å². The molecule has 4 rings (SSSR count). The fraction of sp³-hybridized carbons (Fsp3) is 0.300. The molecule has 2 aromatic rings. The largest absolute Gasteiger partial charge is 0.489 e. The van der Waals surface area contributed by atoms with Gasteiger partial charge in [-0.05, 0) is 30.5 Å². The van der Waals surface area contributed by atoms with Gasteiger partial charge in [0.05, 0.1) is 5.56 Å². The maximum Gasteiger partial charge on any atom is 0.335 e. The van der Waals surface area contributed by atoms with Crippen molar-refractivity contribution >= 4 is 29.8 Å². The van der Waals surface area contributed by atoms with Crippen molar-refractivity contribution in [1.82, 2.24) is 0 Å². The number of anilines is 1. The minimum atomic E-state index is -0.917. The molecule has 6 heteroatoms. The number of ether oxygens (including phenoxy) is 1. The average molecular weight is 373 g/mol. The van der Waals surface area contributed by atoms with Crippen molar-refractivity contribution in [3.63, 3.8) is 0 Å². The molecule has 0 bridgehead atoms. The van der Waals surface area contributed by atoms with Crippen molar-refractivity contribution < 1.29 is 14.6 Å². The van der Waals surface area contributed by atoms with Gasteiger partial charge >= 0.3 is 5.97 Å². The summed E-state index contributed by atoms with van der Waals surface area (Å²) in [4.78, 5) is 11.8. The van der Waals surface area contributed by atoms with Crippen molar-refractivity contribution in [3.8, 4) is 5.75 Å². The summed E-state index contributed by atoms with van der Waals surface area (Å²) in [6.45, 7) is 0. The van der Waals surface area contributed by atoms with E-state index in [0.29, 0.717) is 29.1 Å². The molecule has 3 atom stereocenters. The Morgan fingerprint density at radius 3 is 2.73 bits per heavy atom. The van der Waals surface area contributed by atoms with Crippen LogP contribution in [0.5, 0.6) is 5.75 Å². The zero-order valence-electron chi connectivity index (χ0n) is 14.1. The number of nitrogen functional groups attached to an aromatic ring is 1. The lowest BCUT2D eigenvalue weighted by Crippen LogP contribution is -2.41. The molecule has 136 valence electrons. The summed E-state index contributed by atoms with van der Waals surface area (Å²) < 4.78 is 6.17. The van der Waals surface area contributed by atoms with E-state index in [-0.39, 0.29) is 30.3 Å². The molecule has 0 aromatic heterocycles. The van der Waals surface area contributed by atoms with Crippen molar-refractivity contribution in [3.05, 3.63) is 59.2 Å². The first-order valence-electron chi connectivity index (χ1n) is 8.49. The SMILES string of the molecule is Cl.N=C1CCC2C(C1)Oc1cc(N)ccc1C2c1ccccc1C(=O)O. The third kappa shape index (κ3) is 3.03. The Hall–Kier alpha value is -2.53. The second-order valence-electron chi connectivity index (χ2n) is 6.83. The maximum atomic E-state index is 11.8. The van der Waals surface area contributed by atoms with Crippen molar-refractivity contribution in [2.75, 3.05) is 5.73 Å². The number of fused-ring (bicyclic) bond motifs is 2. The van der Waals surface area contributed by atoms with E-state index in [4.69, 9.17) is 15.9 Å². The Morgan fingerprint density at radius 1 is 1.19 bits per heavy atom. The van der Waals surface area contributed by atoms with E-state index in [1.807, 2.05) is 24.3 Å². The standard InChI is InChI=1S/C20H20N2O3.ClH/c21-11-5-7-15-17(9-11)25-18-10-12(22)6-8-16(18)19(15)13-3-1-2-4-14(13)20(23)24;/h1-5,7,9,16,18-19,22H,6,8,10,21H2,(H,23,24);1H. The van der Waals surface area contributed by atoms with Gasteiger partial charge in [-0.3, -0.25) is 0 Å². The van der Waals surface area contributed by atoms with Gasteiger partial charge in [-0.25, -0.2) is 4.79 Å². The molecule has 1 heterocycles. The lowest BCUT2D eigenvalue weighted by Gasteiger charge is -2.43.